The highest BCUT2D eigenvalue weighted by Gasteiger charge is 2.42. The van der Waals surface area contributed by atoms with Crippen LogP contribution in [0.3, 0.4) is 0 Å². The molecule has 0 bridgehead atoms. The van der Waals surface area contributed by atoms with E-state index in [2.05, 4.69) is 0 Å². The lowest BCUT2D eigenvalue weighted by Gasteiger charge is -2.34. The quantitative estimate of drug-likeness (QED) is 0.826. The molecule has 17 heavy (non-hydrogen) atoms. The Morgan fingerprint density at radius 2 is 1.76 bits per heavy atom. The first-order valence-electron chi connectivity index (χ1n) is 5.83. The van der Waals surface area contributed by atoms with E-state index in [0.29, 0.717) is 6.42 Å². The third-order valence-corrected chi connectivity index (χ3v) is 3.07. The van der Waals surface area contributed by atoms with E-state index < -0.39 is 17.0 Å². The molecule has 1 aromatic rings. The SMILES string of the molecule is CCC(CC(C)(C)O)(C(=O)O)c1ccccc1. The predicted molar refractivity (Wildman–Crippen MR) is 67.0 cm³/mol. The van der Waals surface area contributed by atoms with Gasteiger partial charge in [-0.25, -0.2) is 0 Å². The minimum absolute atomic E-state index is 0.204. The molecule has 1 rings (SSSR count). The summed E-state index contributed by atoms with van der Waals surface area (Å²) in [5, 5.41) is 19.5. The van der Waals surface area contributed by atoms with Crippen LogP contribution in [0.15, 0.2) is 30.3 Å². The van der Waals surface area contributed by atoms with Crippen LogP contribution in [0.5, 0.6) is 0 Å². The van der Waals surface area contributed by atoms with Crippen molar-refractivity contribution < 1.29 is 15.0 Å². The van der Waals surface area contributed by atoms with Crippen LogP contribution in [0.2, 0.25) is 0 Å². The highest BCUT2D eigenvalue weighted by molar-refractivity contribution is 5.81. The van der Waals surface area contributed by atoms with Crippen molar-refractivity contribution in [1.29, 1.82) is 0 Å². The average Bonchev–Trinajstić information content (AvgIpc) is 2.25. The van der Waals surface area contributed by atoms with Gasteiger partial charge in [0.1, 0.15) is 0 Å². The van der Waals surface area contributed by atoms with Gasteiger partial charge in [0.2, 0.25) is 0 Å². The maximum absolute atomic E-state index is 11.6. The minimum atomic E-state index is -1.01. The summed E-state index contributed by atoms with van der Waals surface area (Å²) in [5.41, 5.74) is -1.28. The molecule has 0 aliphatic rings. The minimum Gasteiger partial charge on any atom is -0.481 e. The molecular weight excluding hydrogens is 216 g/mol. The first-order chi connectivity index (χ1) is 7.82. The molecule has 0 spiro atoms. The van der Waals surface area contributed by atoms with E-state index in [1.54, 1.807) is 13.8 Å². The molecule has 0 aliphatic heterocycles. The van der Waals surface area contributed by atoms with Crippen LogP contribution in [0.4, 0.5) is 0 Å². The Hall–Kier alpha value is -1.35. The van der Waals surface area contributed by atoms with Crippen molar-refractivity contribution in [2.45, 2.75) is 44.6 Å². The van der Waals surface area contributed by atoms with E-state index in [-0.39, 0.29) is 6.42 Å². The molecule has 0 amide bonds. The molecule has 3 heteroatoms. The van der Waals surface area contributed by atoms with Gasteiger partial charge in [0.15, 0.2) is 0 Å². The van der Waals surface area contributed by atoms with Crippen LogP contribution < -0.4 is 0 Å². The number of rotatable bonds is 5. The van der Waals surface area contributed by atoms with Gasteiger partial charge in [-0.3, -0.25) is 4.79 Å². The summed E-state index contributed by atoms with van der Waals surface area (Å²) in [5.74, 6) is -0.881. The number of aliphatic hydroxyl groups is 1. The van der Waals surface area contributed by atoms with Crippen molar-refractivity contribution in [3.8, 4) is 0 Å². The van der Waals surface area contributed by atoms with Crippen molar-refractivity contribution >= 4 is 5.97 Å². The van der Waals surface area contributed by atoms with Gasteiger partial charge in [0.25, 0.3) is 0 Å². The number of carbonyl (C=O) groups is 1. The predicted octanol–water partition coefficient (Wildman–Crippen LogP) is 2.58. The molecule has 1 atom stereocenters. The maximum Gasteiger partial charge on any atom is 0.314 e. The van der Waals surface area contributed by atoms with Crippen LogP contribution >= 0.6 is 0 Å². The molecule has 0 saturated carbocycles. The van der Waals surface area contributed by atoms with Gasteiger partial charge in [-0.05, 0) is 32.3 Å². The molecule has 1 aromatic carbocycles. The lowest BCUT2D eigenvalue weighted by molar-refractivity contribution is -0.146. The van der Waals surface area contributed by atoms with E-state index in [1.165, 1.54) is 0 Å². The molecule has 0 radical (unpaired) electrons. The zero-order chi connectivity index (χ0) is 13.1. The Morgan fingerprint density at radius 1 is 1.24 bits per heavy atom. The fourth-order valence-electron chi connectivity index (χ4n) is 2.28. The van der Waals surface area contributed by atoms with Gasteiger partial charge in [-0.1, -0.05) is 37.3 Å². The molecular formula is C14H20O3. The average molecular weight is 236 g/mol. The number of aliphatic carboxylic acids is 1. The molecule has 94 valence electrons. The third-order valence-electron chi connectivity index (χ3n) is 3.07. The van der Waals surface area contributed by atoms with Gasteiger partial charge in [0, 0.05) is 0 Å². The number of benzene rings is 1. The number of carboxylic acid groups (broad SMARTS) is 1. The summed E-state index contributed by atoms with van der Waals surface area (Å²) < 4.78 is 0. The van der Waals surface area contributed by atoms with Crippen molar-refractivity contribution in [3.63, 3.8) is 0 Å². The monoisotopic (exact) mass is 236 g/mol. The maximum atomic E-state index is 11.6. The topological polar surface area (TPSA) is 57.5 Å². The summed E-state index contributed by atoms with van der Waals surface area (Å²) in [4.78, 5) is 11.6. The smallest absolute Gasteiger partial charge is 0.314 e. The number of carboxylic acids is 1. The lowest BCUT2D eigenvalue weighted by Crippen LogP contribution is -2.42. The Bertz CT molecular complexity index is 378. The second-order valence-electron chi connectivity index (χ2n) is 5.10. The van der Waals surface area contributed by atoms with Crippen LogP contribution in [0.1, 0.15) is 39.2 Å². The second-order valence-corrected chi connectivity index (χ2v) is 5.10. The molecule has 1 unspecified atom stereocenters. The first-order valence-corrected chi connectivity index (χ1v) is 5.83. The summed E-state index contributed by atoms with van der Waals surface area (Å²) in [6.07, 6.45) is 0.659. The van der Waals surface area contributed by atoms with E-state index in [4.69, 9.17) is 0 Å². The molecule has 3 nitrogen and oxygen atoms in total. The van der Waals surface area contributed by atoms with Crippen LogP contribution in [-0.4, -0.2) is 21.8 Å². The van der Waals surface area contributed by atoms with Crippen LogP contribution in [0, 0.1) is 0 Å². The molecule has 0 aliphatic carbocycles. The second kappa shape index (κ2) is 4.88. The van der Waals surface area contributed by atoms with Gasteiger partial charge in [-0.2, -0.15) is 0 Å². The molecule has 0 aromatic heterocycles. The van der Waals surface area contributed by atoms with Crippen LogP contribution in [0.25, 0.3) is 0 Å². The largest absolute Gasteiger partial charge is 0.481 e. The Labute approximate surface area is 102 Å². The Morgan fingerprint density at radius 3 is 2.12 bits per heavy atom. The lowest BCUT2D eigenvalue weighted by atomic mass is 9.71. The van der Waals surface area contributed by atoms with Crippen LogP contribution in [-0.2, 0) is 10.2 Å². The standard InChI is InChI=1S/C14H20O3/c1-4-14(12(15)16,10-13(2,3)17)11-8-6-5-7-9-11/h5-9,17H,4,10H2,1-3H3,(H,15,16). The van der Waals surface area contributed by atoms with Crippen molar-refractivity contribution in [3.05, 3.63) is 35.9 Å². The zero-order valence-corrected chi connectivity index (χ0v) is 10.6. The number of hydrogen-bond donors (Lipinski definition) is 2. The summed E-state index contributed by atoms with van der Waals surface area (Å²) in [6.45, 7) is 5.12. The van der Waals surface area contributed by atoms with Gasteiger partial charge < -0.3 is 10.2 Å². The van der Waals surface area contributed by atoms with Gasteiger partial charge in [-0.15, -0.1) is 0 Å². The molecule has 2 N–H and O–H groups in total. The Kier molecular flexibility index (Phi) is 3.94. The fourth-order valence-corrected chi connectivity index (χ4v) is 2.28. The normalized spacial score (nSPS) is 15.3. The number of hydrogen-bond acceptors (Lipinski definition) is 2. The van der Waals surface area contributed by atoms with E-state index in [9.17, 15) is 15.0 Å². The van der Waals surface area contributed by atoms with E-state index in [0.717, 1.165) is 5.56 Å². The summed E-state index contributed by atoms with van der Waals surface area (Å²) in [6, 6.07) is 9.13. The van der Waals surface area contributed by atoms with Gasteiger partial charge in [0.05, 0.1) is 11.0 Å². The highest BCUT2D eigenvalue weighted by Crippen LogP contribution is 2.36. The van der Waals surface area contributed by atoms with E-state index >= 15 is 0 Å². The Balaban J connectivity index is 3.24. The fraction of sp³-hybridized carbons (Fsp3) is 0.500. The third kappa shape index (κ3) is 3.07. The first kappa shape index (κ1) is 13.7. The highest BCUT2D eigenvalue weighted by atomic mass is 16.4. The summed E-state index contributed by atoms with van der Waals surface area (Å²) >= 11 is 0. The summed E-state index contributed by atoms with van der Waals surface area (Å²) in [7, 11) is 0. The molecule has 0 saturated heterocycles. The van der Waals surface area contributed by atoms with Gasteiger partial charge >= 0.3 is 5.97 Å². The van der Waals surface area contributed by atoms with E-state index in [1.807, 2.05) is 37.3 Å². The molecule has 0 heterocycles. The molecule has 0 fully saturated rings. The zero-order valence-electron chi connectivity index (χ0n) is 10.6. The van der Waals surface area contributed by atoms with Crippen molar-refractivity contribution in [2.75, 3.05) is 0 Å². The van der Waals surface area contributed by atoms with Crippen molar-refractivity contribution in [1.82, 2.24) is 0 Å². The van der Waals surface area contributed by atoms with Crippen molar-refractivity contribution in [2.24, 2.45) is 0 Å².